The molecule has 0 fully saturated rings. The van der Waals surface area contributed by atoms with Gasteiger partial charge >= 0.3 is 6.09 Å². The van der Waals surface area contributed by atoms with Crippen LogP contribution < -0.4 is 15.6 Å². The van der Waals surface area contributed by atoms with Gasteiger partial charge < -0.3 is 20.1 Å². The van der Waals surface area contributed by atoms with Gasteiger partial charge in [-0.3, -0.25) is 9.78 Å². The molecule has 0 aliphatic rings. The monoisotopic (exact) mass is 411 g/mol. The second-order valence-corrected chi connectivity index (χ2v) is 9.15. The lowest BCUT2D eigenvalue weighted by atomic mass is 9.83. The van der Waals surface area contributed by atoms with Crippen LogP contribution in [0.2, 0.25) is 0 Å². The van der Waals surface area contributed by atoms with E-state index in [0.29, 0.717) is 29.0 Å². The quantitative estimate of drug-likeness (QED) is 0.495. The fraction of sp³-hybridized carbons (Fsp3) is 0.435. The zero-order valence-electron chi connectivity index (χ0n) is 17.9. The summed E-state index contributed by atoms with van der Waals surface area (Å²) in [5.74, 6) is 0.922. The van der Waals surface area contributed by atoms with Crippen LogP contribution in [0.4, 0.5) is 4.79 Å². The summed E-state index contributed by atoms with van der Waals surface area (Å²) in [6.07, 6.45) is 3.83. The summed E-state index contributed by atoms with van der Waals surface area (Å²) < 4.78 is 5.90. The number of aromatic nitrogens is 2. The second-order valence-electron chi connectivity index (χ2n) is 9.15. The molecule has 0 saturated carbocycles. The van der Waals surface area contributed by atoms with Crippen LogP contribution >= 0.6 is 0 Å². The highest BCUT2D eigenvalue weighted by molar-refractivity contribution is 6.05. The Morgan fingerprint density at radius 1 is 1.23 bits per heavy atom. The molecule has 7 heteroatoms. The standard InChI is InChI=1S/C23H29N3O4/c1-14(11-23(2,3)4)9-15(25-22(28)29)13-30-16-5-6-18-17-7-8-24-12-19(17)21(27)26-20(18)10-16/h5-8,10,12,14-15,25H,9,11,13H2,1-4H3,(H,26,27)(H,28,29). The number of aromatic amines is 1. The molecule has 0 spiro atoms. The fourth-order valence-corrected chi connectivity index (χ4v) is 4.11. The van der Waals surface area contributed by atoms with Gasteiger partial charge in [0.15, 0.2) is 0 Å². The van der Waals surface area contributed by atoms with Crippen LogP contribution in [0.3, 0.4) is 0 Å². The van der Waals surface area contributed by atoms with Crippen LogP contribution in [0.15, 0.2) is 41.5 Å². The van der Waals surface area contributed by atoms with E-state index in [1.807, 2.05) is 18.2 Å². The van der Waals surface area contributed by atoms with Gasteiger partial charge in [-0.05, 0) is 47.8 Å². The number of hydrogen-bond acceptors (Lipinski definition) is 4. The van der Waals surface area contributed by atoms with E-state index < -0.39 is 6.09 Å². The molecule has 0 saturated heterocycles. The normalized spacial score (nSPS) is 13.9. The van der Waals surface area contributed by atoms with Crippen LogP contribution in [-0.4, -0.2) is 33.8 Å². The number of carboxylic acid groups (broad SMARTS) is 1. The van der Waals surface area contributed by atoms with Crippen molar-refractivity contribution < 1.29 is 14.6 Å². The lowest BCUT2D eigenvalue weighted by molar-refractivity contribution is 0.172. The zero-order valence-corrected chi connectivity index (χ0v) is 17.9. The van der Waals surface area contributed by atoms with Crippen LogP contribution in [0.5, 0.6) is 5.75 Å². The number of fused-ring (bicyclic) bond motifs is 3. The van der Waals surface area contributed by atoms with Crippen LogP contribution in [0.25, 0.3) is 21.7 Å². The summed E-state index contributed by atoms with van der Waals surface area (Å²) in [6, 6.07) is 6.99. The van der Waals surface area contributed by atoms with Crippen molar-refractivity contribution in [2.45, 2.75) is 46.6 Å². The molecule has 1 aromatic carbocycles. The van der Waals surface area contributed by atoms with Crippen molar-refractivity contribution in [1.82, 2.24) is 15.3 Å². The van der Waals surface area contributed by atoms with E-state index >= 15 is 0 Å². The third-order valence-electron chi connectivity index (χ3n) is 5.02. The molecule has 0 radical (unpaired) electrons. The smallest absolute Gasteiger partial charge is 0.404 e. The molecule has 3 N–H and O–H groups in total. The number of nitrogens with zero attached hydrogens (tertiary/aromatic N) is 1. The maximum atomic E-state index is 12.3. The van der Waals surface area contributed by atoms with Gasteiger partial charge in [0.1, 0.15) is 12.4 Å². The third kappa shape index (κ3) is 5.49. The molecule has 1 amide bonds. The Balaban J connectivity index is 1.77. The average molecular weight is 412 g/mol. The summed E-state index contributed by atoms with van der Waals surface area (Å²) in [6.45, 7) is 8.87. The van der Waals surface area contributed by atoms with Gasteiger partial charge in [-0.2, -0.15) is 0 Å². The predicted molar refractivity (Wildman–Crippen MR) is 118 cm³/mol. The largest absolute Gasteiger partial charge is 0.491 e. The number of amides is 1. The molecule has 0 aliphatic heterocycles. The second kappa shape index (κ2) is 8.73. The Bertz CT molecular complexity index is 1100. The van der Waals surface area contributed by atoms with Crippen molar-refractivity contribution in [3.63, 3.8) is 0 Å². The fourth-order valence-electron chi connectivity index (χ4n) is 4.11. The van der Waals surface area contributed by atoms with Gasteiger partial charge in [-0.25, -0.2) is 4.79 Å². The molecule has 3 rings (SSSR count). The molecule has 2 heterocycles. The van der Waals surface area contributed by atoms with Crippen molar-refractivity contribution in [3.8, 4) is 5.75 Å². The summed E-state index contributed by atoms with van der Waals surface area (Å²) in [7, 11) is 0. The highest BCUT2D eigenvalue weighted by Gasteiger charge is 2.21. The maximum absolute atomic E-state index is 12.3. The molecule has 0 aliphatic carbocycles. The average Bonchev–Trinajstić information content (AvgIpc) is 2.64. The SMILES string of the molecule is CC(CC(COc1ccc2c(c1)[nH]c(=O)c1cnccc12)NC(=O)O)CC(C)(C)C. The van der Waals surface area contributed by atoms with Crippen LogP contribution in [-0.2, 0) is 0 Å². The molecule has 160 valence electrons. The minimum absolute atomic E-state index is 0.177. The lowest BCUT2D eigenvalue weighted by Crippen LogP contribution is -2.39. The Labute approximate surface area is 175 Å². The first-order valence-electron chi connectivity index (χ1n) is 10.1. The topological polar surface area (TPSA) is 104 Å². The predicted octanol–water partition coefficient (Wildman–Crippen LogP) is 4.55. The summed E-state index contributed by atoms with van der Waals surface area (Å²) in [5.41, 5.74) is 0.639. The van der Waals surface area contributed by atoms with Crippen molar-refractivity contribution in [3.05, 3.63) is 47.0 Å². The Morgan fingerprint density at radius 3 is 2.70 bits per heavy atom. The summed E-state index contributed by atoms with van der Waals surface area (Å²) in [5, 5.41) is 14.0. The van der Waals surface area contributed by atoms with Gasteiger partial charge in [-0.1, -0.05) is 27.7 Å². The molecular formula is C23H29N3O4. The number of hydrogen-bond donors (Lipinski definition) is 3. The molecule has 7 nitrogen and oxygen atoms in total. The van der Waals surface area contributed by atoms with Gasteiger partial charge in [0.2, 0.25) is 0 Å². The lowest BCUT2D eigenvalue weighted by Gasteiger charge is -2.26. The highest BCUT2D eigenvalue weighted by atomic mass is 16.5. The molecule has 3 aromatic rings. The first-order chi connectivity index (χ1) is 14.1. The van der Waals surface area contributed by atoms with E-state index in [0.717, 1.165) is 17.2 Å². The molecule has 30 heavy (non-hydrogen) atoms. The van der Waals surface area contributed by atoms with Crippen molar-refractivity contribution in [2.24, 2.45) is 11.3 Å². The Morgan fingerprint density at radius 2 is 2.00 bits per heavy atom. The Kier molecular flexibility index (Phi) is 6.29. The van der Waals surface area contributed by atoms with Gasteiger partial charge in [0.05, 0.1) is 16.9 Å². The maximum Gasteiger partial charge on any atom is 0.404 e. The van der Waals surface area contributed by atoms with E-state index in [1.54, 1.807) is 18.5 Å². The molecule has 0 bridgehead atoms. The van der Waals surface area contributed by atoms with E-state index in [-0.39, 0.29) is 23.6 Å². The van der Waals surface area contributed by atoms with E-state index in [2.05, 4.69) is 43.0 Å². The molecular weight excluding hydrogens is 382 g/mol. The third-order valence-corrected chi connectivity index (χ3v) is 5.02. The Hall–Kier alpha value is -3.09. The summed E-state index contributed by atoms with van der Waals surface area (Å²) >= 11 is 0. The van der Waals surface area contributed by atoms with E-state index in [1.165, 1.54) is 0 Å². The van der Waals surface area contributed by atoms with Gasteiger partial charge in [0.25, 0.3) is 5.56 Å². The first-order valence-corrected chi connectivity index (χ1v) is 10.1. The van der Waals surface area contributed by atoms with Crippen molar-refractivity contribution >= 4 is 27.8 Å². The van der Waals surface area contributed by atoms with Gasteiger partial charge in [0, 0.05) is 23.8 Å². The highest BCUT2D eigenvalue weighted by Crippen LogP contribution is 2.27. The number of pyridine rings is 2. The van der Waals surface area contributed by atoms with Crippen molar-refractivity contribution in [2.75, 3.05) is 6.61 Å². The molecule has 2 unspecified atom stereocenters. The van der Waals surface area contributed by atoms with E-state index in [4.69, 9.17) is 4.74 Å². The summed E-state index contributed by atoms with van der Waals surface area (Å²) in [4.78, 5) is 30.4. The van der Waals surface area contributed by atoms with E-state index in [9.17, 15) is 14.7 Å². The number of rotatable bonds is 7. The molecule has 2 aromatic heterocycles. The number of carbonyl (C=O) groups is 1. The number of nitrogens with one attached hydrogen (secondary N) is 2. The molecule has 2 atom stereocenters. The minimum atomic E-state index is -1.06. The number of H-pyrrole nitrogens is 1. The minimum Gasteiger partial charge on any atom is -0.491 e. The number of ether oxygens (including phenoxy) is 1. The van der Waals surface area contributed by atoms with Crippen LogP contribution in [0.1, 0.15) is 40.5 Å². The first kappa shape index (κ1) is 21.6. The van der Waals surface area contributed by atoms with Gasteiger partial charge in [-0.15, -0.1) is 0 Å². The number of benzene rings is 1. The zero-order chi connectivity index (χ0) is 21.9. The van der Waals surface area contributed by atoms with Crippen molar-refractivity contribution in [1.29, 1.82) is 0 Å². The van der Waals surface area contributed by atoms with Crippen LogP contribution in [0, 0.1) is 11.3 Å².